The number of methoxy groups -OCH3 is 1. The van der Waals surface area contributed by atoms with Gasteiger partial charge < -0.3 is 10.1 Å². The number of benzene rings is 2. The summed E-state index contributed by atoms with van der Waals surface area (Å²) < 4.78 is 30.5. The first-order valence-corrected chi connectivity index (χ1v) is 10.0. The Hall–Kier alpha value is -2.38. The van der Waals surface area contributed by atoms with Crippen LogP contribution >= 0.6 is 0 Å². The molecule has 26 heavy (non-hydrogen) atoms. The largest absolute Gasteiger partial charge is 0.496 e. The summed E-state index contributed by atoms with van der Waals surface area (Å²) in [4.78, 5) is 13.0. The predicted molar refractivity (Wildman–Crippen MR) is 101 cm³/mol. The highest BCUT2D eigenvalue weighted by molar-refractivity contribution is 7.88. The van der Waals surface area contributed by atoms with E-state index >= 15 is 0 Å². The van der Waals surface area contributed by atoms with Crippen molar-refractivity contribution in [2.75, 3.05) is 20.4 Å². The Kier molecular flexibility index (Phi) is 6.39. The lowest BCUT2D eigenvalue weighted by molar-refractivity contribution is -0.125. The average Bonchev–Trinajstić information content (AvgIpc) is 2.61. The molecule has 2 aromatic rings. The molecule has 2 unspecified atom stereocenters. The van der Waals surface area contributed by atoms with E-state index in [0.717, 1.165) is 16.1 Å². The molecule has 1 N–H and O–H groups in total. The van der Waals surface area contributed by atoms with Crippen LogP contribution in [0, 0.1) is 0 Å². The molecule has 140 valence electrons. The number of nitrogens with one attached hydrogen (secondary N) is 1. The maximum atomic E-state index is 13.0. The molecule has 0 aromatic heterocycles. The van der Waals surface area contributed by atoms with Gasteiger partial charge in [-0.2, -0.15) is 4.31 Å². The molecule has 0 fully saturated rings. The molecule has 6 nitrogen and oxygen atoms in total. The topological polar surface area (TPSA) is 75.7 Å². The number of amides is 1. The second-order valence-electron chi connectivity index (χ2n) is 6.06. The van der Waals surface area contributed by atoms with Crippen LogP contribution in [0.3, 0.4) is 0 Å². The minimum absolute atomic E-state index is 0.349. The summed E-state index contributed by atoms with van der Waals surface area (Å²) in [5.74, 6) is 0.260. The van der Waals surface area contributed by atoms with E-state index < -0.39 is 22.0 Å². The number of nitrogens with zero attached hydrogens (tertiary/aromatic N) is 1. The van der Waals surface area contributed by atoms with Gasteiger partial charge in [-0.05, 0) is 18.6 Å². The molecule has 0 heterocycles. The van der Waals surface area contributed by atoms with Crippen molar-refractivity contribution in [1.29, 1.82) is 0 Å². The summed E-state index contributed by atoms with van der Waals surface area (Å²) in [6.45, 7) is 1.83. The second-order valence-corrected chi connectivity index (χ2v) is 8.11. The number of likely N-dealkylation sites (N-methyl/N-ethyl adjacent to an activating group) is 1. The van der Waals surface area contributed by atoms with Gasteiger partial charge in [-0.15, -0.1) is 0 Å². The normalized spacial score (nSPS) is 13.9. The molecule has 0 radical (unpaired) electrons. The first-order chi connectivity index (χ1) is 12.3. The van der Waals surface area contributed by atoms with Crippen LogP contribution in [0.15, 0.2) is 54.6 Å². The zero-order valence-electron chi connectivity index (χ0n) is 15.3. The fourth-order valence-electron chi connectivity index (χ4n) is 2.75. The lowest BCUT2D eigenvalue weighted by atomic mass is 10.0. The van der Waals surface area contributed by atoms with Crippen molar-refractivity contribution in [1.82, 2.24) is 9.62 Å². The predicted octanol–water partition coefficient (Wildman–Crippen LogP) is 2.51. The first kappa shape index (κ1) is 19.9. The molecular weight excluding hydrogens is 352 g/mol. The Morgan fingerprint density at radius 2 is 1.65 bits per heavy atom. The number of hydrogen-bond donors (Lipinski definition) is 1. The van der Waals surface area contributed by atoms with Crippen molar-refractivity contribution >= 4 is 15.9 Å². The third-order valence-electron chi connectivity index (χ3n) is 4.21. The van der Waals surface area contributed by atoms with E-state index in [1.54, 1.807) is 31.4 Å². The number of rotatable bonds is 7. The molecule has 2 atom stereocenters. The lowest BCUT2D eigenvalue weighted by Crippen LogP contribution is -2.42. The zero-order valence-corrected chi connectivity index (χ0v) is 16.2. The molecule has 0 aliphatic heterocycles. The fraction of sp³-hybridized carbons (Fsp3) is 0.316. The van der Waals surface area contributed by atoms with Gasteiger partial charge in [0.25, 0.3) is 0 Å². The van der Waals surface area contributed by atoms with Crippen LogP contribution in [0.4, 0.5) is 0 Å². The van der Waals surface area contributed by atoms with Crippen LogP contribution in [-0.4, -0.2) is 39.0 Å². The summed E-state index contributed by atoms with van der Waals surface area (Å²) in [5, 5.41) is 2.90. The Bertz CT molecular complexity index is 853. The standard InChI is InChI=1S/C19H24N2O4S/c1-14(16-12-8-9-13-17(16)25-3)20-19(22)18(21(2)26(4,23)24)15-10-6-5-7-11-15/h5-14,18H,1-4H3,(H,20,22). The van der Waals surface area contributed by atoms with E-state index in [1.807, 2.05) is 37.3 Å². The summed E-state index contributed by atoms with van der Waals surface area (Å²) in [6, 6.07) is 14.9. The molecule has 2 aromatic carbocycles. The fourth-order valence-corrected chi connectivity index (χ4v) is 3.35. The van der Waals surface area contributed by atoms with Gasteiger partial charge >= 0.3 is 0 Å². The number of para-hydroxylation sites is 1. The summed E-state index contributed by atoms with van der Waals surface area (Å²) in [7, 11) is -0.590. The van der Waals surface area contributed by atoms with Crippen molar-refractivity contribution < 1.29 is 17.9 Å². The lowest BCUT2D eigenvalue weighted by Gasteiger charge is -2.27. The van der Waals surface area contributed by atoms with Crippen LogP contribution < -0.4 is 10.1 Å². The molecular formula is C19H24N2O4S. The minimum atomic E-state index is -3.56. The van der Waals surface area contributed by atoms with Crippen LogP contribution in [0.1, 0.15) is 30.1 Å². The van der Waals surface area contributed by atoms with Gasteiger partial charge in [-0.3, -0.25) is 4.79 Å². The van der Waals surface area contributed by atoms with Gasteiger partial charge in [-0.25, -0.2) is 8.42 Å². The minimum Gasteiger partial charge on any atom is -0.496 e. The first-order valence-electron chi connectivity index (χ1n) is 8.17. The molecule has 0 saturated heterocycles. The average molecular weight is 376 g/mol. The molecule has 0 bridgehead atoms. The number of sulfonamides is 1. The van der Waals surface area contributed by atoms with Crippen molar-refractivity contribution in [3.8, 4) is 5.75 Å². The van der Waals surface area contributed by atoms with Crippen molar-refractivity contribution in [2.45, 2.75) is 19.0 Å². The zero-order chi connectivity index (χ0) is 19.3. The molecule has 0 aliphatic rings. The molecule has 0 saturated carbocycles. The Labute approximate surface area is 154 Å². The summed E-state index contributed by atoms with van der Waals surface area (Å²) in [5.41, 5.74) is 1.42. The highest BCUT2D eigenvalue weighted by Gasteiger charge is 2.31. The Balaban J connectivity index is 2.32. The van der Waals surface area contributed by atoms with Gasteiger partial charge in [0.1, 0.15) is 11.8 Å². The van der Waals surface area contributed by atoms with Crippen LogP contribution in [0.25, 0.3) is 0 Å². The van der Waals surface area contributed by atoms with Gasteiger partial charge in [0.15, 0.2) is 0 Å². The van der Waals surface area contributed by atoms with Gasteiger partial charge in [0, 0.05) is 12.6 Å². The van der Waals surface area contributed by atoms with E-state index in [0.29, 0.717) is 11.3 Å². The highest BCUT2D eigenvalue weighted by Crippen LogP contribution is 2.27. The van der Waals surface area contributed by atoms with Crippen LogP contribution in [-0.2, 0) is 14.8 Å². The van der Waals surface area contributed by atoms with Gasteiger partial charge in [0.2, 0.25) is 15.9 Å². The van der Waals surface area contributed by atoms with E-state index in [1.165, 1.54) is 7.05 Å². The highest BCUT2D eigenvalue weighted by atomic mass is 32.2. The Morgan fingerprint density at radius 3 is 2.23 bits per heavy atom. The smallest absolute Gasteiger partial charge is 0.243 e. The maximum Gasteiger partial charge on any atom is 0.243 e. The molecule has 1 amide bonds. The van der Waals surface area contributed by atoms with Crippen molar-refractivity contribution in [3.05, 3.63) is 65.7 Å². The third kappa shape index (κ3) is 4.62. The quantitative estimate of drug-likeness (QED) is 0.806. The number of carbonyl (C=O) groups is 1. The number of ether oxygens (including phenoxy) is 1. The summed E-state index contributed by atoms with van der Waals surface area (Å²) in [6.07, 6.45) is 1.08. The Morgan fingerprint density at radius 1 is 1.08 bits per heavy atom. The second kappa shape index (κ2) is 8.33. The molecule has 0 spiro atoms. The van der Waals surface area contributed by atoms with E-state index in [4.69, 9.17) is 4.74 Å². The van der Waals surface area contributed by atoms with E-state index in [2.05, 4.69) is 5.32 Å². The molecule has 0 aliphatic carbocycles. The SMILES string of the molecule is COc1ccccc1C(C)NC(=O)C(c1ccccc1)N(C)S(C)(=O)=O. The van der Waals surface area contributed by atoms with Crippen molar-refractivity contribution in [3.63, 3.8) is 0 Å². The van der Waals surface area contributed by atoms with Gasteiger partial charge in [0.05, 0.1) is 19.4 Å². The molecule has 2 rings (SSSR count). The maximum absolute atomic E-state index is 13.0. The third-order valence-corrected chi connectivity index (χ3v) is 5.47. The van der Waals surface area contributed by atoms with E-state index in [9.17, 15) is 13.2 Å². The summed E-state index contributed by atoms with van der Waals surface area (Å²) >= 11 is 0. The van der Waals surface area contributed by atoms with Gasteiger partial charge in [-0.1, -0.05) is 48.5 Å². The van der Waals surface area contributed by atoms with Crippen LogP contribution in [0.2, 0.25) is 0 Å². The van der Waals surface area contributed by atoms with Crippen molar-refractivity contribution in [2.24, 2.45) is 0 Å². The number of hydrogen-bond acceptors (Lipinski definition) is 4. The van der Waals surface area contributed by atoms with E-state index in [-0.39, 0.29) is 6.04 Å². The monoisotopic (exact) mass is 376 g/mol. The molecule has 7 heteroatoms. The number of carbonyl (C=O) groups excluding carboxylic acids is 1. The van der Waals surface area contributed by atoms with Crippen LogP contribution in [0.5, 0.6) is 5.75 Å².